The third kappa shape index (κ3) is 6.69. The van der Waals surface area contributed by atoms with E-state index in [9.17, 15) is 22.8 Å². The van der Waals surface area contributed by atoms with Gasteiger partial charge in [0, 0.05) is 31.2 Å². The Labute approximate surface area is 226 Å². The van der Waals surface area contributed by atoms with Crippen molar-refractivity contribution in [1.29, 1.82) is 0 Å². The van der Waals surface area contributed by atoms with Crippen molar-refractivity contribution in [2.45, 2.75) is 72.9 Å². The third-order valence-electron chi connectivity index (χ3n) is 6.98. The largest absolute Gasteiger partial charge is 0.417 e. The number of hydrogen-bond donors (Lipinski definition) is 0. The number of rotatable bonds is 7. The van der Waals surface area contributed by atoms with Crippen molar-refractivity contribution in [2.24, 2.45) is 11.3 Å². The Morgan fingerprint density at radius 1 is 1.05 bits per heavy atom. The van der Waals surface area contributed by atoms with Crippen molar-refractivity contribution < 1.29 is 22.8 Å². The average Bonchev–Trinajstić information content (AvgIpc) is 3.24. The maximum Gasteiger partial charge on any atom is 0.417 e. The van der Waals surface area contributed by atoms with Crippen LogP contribution in [0.4, 0.5) is 13.2 Å². The standard InChI is InChI=1S/C30H33F3N4O2/c1-18-12-20(15-35-28(18)22-8-6-21(7-9-22)26(39)14-29(3,4)5)13-25(38)24-17-36-37(19(24)2)27-11-10-23(16-34-27)30(31,32)33/h8,10-12,15-17,21H,6-7,9,13-14H2,1-5H3. The number of allylic oxidation sites excluding steroid dienone is 2. The number of hydrogen-bond acceptors (Lipinski definition) is 5. The van der Waals surface area contributed by atoms with Crippen LogP contribution in [0.15, 0.2) is 42.9 Å². The number of pyridine rings is 2. The maximum atomic E-state index is 13.1. The summed E-state index contributed by atoms with van der Waals surface area (Å²) in [5.41, 5.74) is 3.76. The quantitative estimate of drug-likeness (QED) is 0.306. The van der Waals surface area contributed by atoms with E-state index in [1.165, 1.54) is 16.9 Å². The monoisotopic (exact) mass is 538 g/mol. The number of aryl methyl sites for hydroxylation is 1. The van der Waals surface area contributed by atoms with E-state index in [1.54, 1.807) is 13.1 Å². The number of Topliss-reactive ketones (excluding diaryl/α,β-unsaturated/α-hetero) is 2. The van der Waals surface area contributed by atoms with Crippen molar-refractivity contribution in [1.82, 2.24) is 19.7 Å². The first-order valence-corrected chi connectivity index (χ1v) is 13.0. The maximum absolute atomic E-state index is 13.1. The molecule has 6 nitrogen and oxygen atoms in total. The van der Waals surface area contributed by atoms with Crippen LogP contribution in [0.3, 0.4) is 0 Å². The molecule has 0 saturated heterocycles. The first kappa shape index (κ1) is 28.4. The van der Waals surface area contributed by atoms with Gasteiger partial charge in [0.2, 0.25) is 0 Å². The number of nitrogens with zero attached hydrogens (tertiary/aromatic N) is 4. The van der Waals surface area contributed by atoms with Crippen LogP contribution in [0.25, 0.3) is 11.4 Å². The summed E-state index contributed by atoms with van der Waals surface area (Å²) in [6.45, 7) is 9.89. The lowest BCUT2D eigenvalue weighted by atomic mass is 9.79. The normalized spacial score (nSPS) is 16.2. The fraction of sp³-hybridized carbons (Fsp3) is 0.433. The molecule has 1 aliphatic rings. The van der Waals surface area contributed by atoms with Gasteiger partial charge in [-0.05, 0) is 67.4 Å². The van der Waals surface area contributed by atoms with Crippen LogP contribution in [0.1, 0.15) is 84.9 Å². The van der Waals surface area contributed by atoms with Crippen molar-refractivity contribution >= 4 is 17.1 Å². The number of aromatic nitrogens is 4. The predicted octanol–water partition coefficient (Wildman–Crippen LogP) is 6.91. The molecule has 0 fully saturated rings. The highest BCUT2D eigenvalue weighted by Gasteiger charge is 2.31. The molecule has 1 aliphatic carbocycles. The lowest BCUT2D eigenvalue weighted by Gasteiger charge is -2.25. The summed E-state index contributed by atoms with van der Waals surface area (Å²) < 4.78 is 39.9. The second-order valence-corrected chi connectivity index (χ2v) is 11.5. The topological polar surface area (TPSA) is 77.7 Å². The van der Waals surface area contributed by atoms with Gasteiger partial charge < -0.3 is 0 Å². The van der Waals surface area contributed by atoms with Crippen LogP contribution in [0.5, 0.6) is 0 Å². The SMILES string of the molecule is Cc1cc(CC(=O)c2cnn(-c3ccc(C(F)(F)F)cn3)c2C)cnc1C1=CCC(C(=O)CC(C)(C)C)CC1. The summed E-state index contributed by atoms with van der Waals surface area (Å²) in [5.74, 6) is 0.414. The summed E-state index contributed by atoms with van der Waals surface area (Å²) in [6.07, 6.45) is 4.55. The first-order chi connectivity index (χ1) is 18.2. The zero-order chi connectivity index (χ0) is 28.5. The van der Waals surface area contributed by atoms with Gasteiger partial charge in [0.25, 0.3) is 0 Å². The molecular formula is C30H33F3N4O2. The van der Waals surface area contributed by atoms with Crippen molar-refractivity contribution in [3.63, 3.8) is 0 Å². The molecule has 0 saturated carbocycles. The van der Waals surface area contributed by atoms with Crippen molar-refractivity contribution in [3.05, 3.63) is 76.5 Å². The number of alkyl halides is 3. The minimum absolute atomic E-state index is 0.0111. The zero-order valence-corrected chi connectivity index (χ0v) is 22.9. The fourth-order valence-electron chi connectivity index (χ4n) is 4.95. The van der Waals surface area contributed by atoms with Crippen LogP contribution in [0, 0.1) is 25.2 Å². The van der Waals surface area contributed by atoms with E-state index in [0.29, 0.717) is 23.5 Å². The molecule has 39 heavy (non-hydrogen) atoms. The average molecular weight is 539 g/mol. The van der Waals surface area contributed by atoms with Gasteiger partial charge in [-0.1, -0.05) is 32.9 Å². The minimum atomic E-state index is -4.48. The molecular weight excluding hydrogens is 505 g/mol. The molecule has 3 aromatic rings. The summed E-state index contributed by atoms with van der Waals surface area (Å²) in [4.78, 5) is 34.2. The lowest BCUT2D eigenvalue weighted by molar-refractivity contribution is -0.137. The molecule has 206 valence electrons. The number of carbonyl (C=O) groups excluding carboxylic acids is 2. The van der Waals surface area contributed by atoms with Crippen LogP contribution in [0.2, 0.25) is 0 Å². The third-order valence-corrected chi connectivity index (χ3v) is 6.98. The van der Waals surface area contributed by atoms with Gasteiger partial charge in [0.15, 0.2) is 11.6 Å². The highest BCUT2D eigenvalue weighted by molar-refractivity contribution is 5.98. The minimum Gasteiger partial charge on any atom is -0.299 e. The molecule has 3 aromatic heterocycles. The van der Waals surface area contributed by atoms with Crippen LogP contribution >= 0.6 is 0 Å². The molecule has 0 spiro atoms. The highest BCUT2D eigenvalue weighted by atomic mass is 19.4. The Kier molecular flexibility index (Phi) is 7.91. The Hall–Kier alpha value is -3.62. The fourth-order valence-corrected chi connectivity index (χ4v) is 4.95. The van der Waals surface area contributed by atoms with Gasteiger partial charge in [0.05, 0.1) is 28.7 Å². The number of halogens is 3. The molecule has 1 atom stereocenters. The summed E-state index contributed by atoms with van der Waals surface area (Å²) >= 11 is 0. The van der Waals surface area contributed by atoms with Crippen molar-refractivity contribution in [2.75, 3.05) is 0 Å². The zero-order valence-electron chi connectivity index (χ0n) is 22.9. The number of carbonyl (C=O) groups is 2. The van der Waals surface area contributed by atoms with Gasteiger partial charge in [-0.2, -0.15) is 18.3 Å². The van der Waals surface area contributed by atoms with E-state index in [-0.39, 0.29) is 29.4 Å². The Morgan fingerprint density at radius 2 is 1.79 bits per heavy atom. The molecule has 0 aliphatic heterocycles. The van der Waals surface area contributed by atoms with Gasteiger partial charge in [-0.15, -0.1) is 0 Å². The van der Waals surface area contributed by atoms with Gasteiger partial charge in [0.1, 0.15) is 5.78 Å². The van der Waals surface area contributed by atoms with E-state index < -0.39 is 11.7 Å². The number of ketones is 2. The van der Waals surface area contributed by atoms with Gasteiger partial charge in [-0.25, -0.2) is 9.67 Å². The summed E-state index contributed by atoms with van der Waals surface area (Å²) in [7, 11) is 0. The lowest BCUT2D eigenvalue weighted by Crippen LogP contribution is -2.22. The van der Waals surface area contributed by atoms with Gasteiger partial charge in [-0.3, -0.25) is 14.6 Å². The molecule has 9 heteroatoms. The highest BCUT2D eigenvalue weighted by Crippen LogP contribution is 2.34. The molecule has 0 aromatic carbocycles. The first-order valence-electron chi connectivity index (χ1n) is 13.0. The van der Waals surface area contributed by atoms with E-state index in [1.807, 2.05) is 13.0 Å². The van der Waals surface area contributed by atoms with Crippen molar-refractivity contribution in [3.8, 4) is 5.82 Å². The van der Waals surface area contributed by atoms with E-state index in [4.69, 9.17) is 0 Å². The second kappa shape index (κ2) is 10.9. The molecule has 1 unspecified atom stereocenters. The van der Waals surface area contributed by atoms with Crippen LogP contribution in [-0.4, -0.2) is 31.3 Å². The Bertz CT molecular complexity index is 1410. The van der Waals surface area contributed by atoms with E-state index in [2.05, 4.69) is 41.9 Å². The Morgan fingerprint density at radius 3 is 2.36 bits per heavy atom. The summed E-state index contributed by atoms with van der Waals surface area (Å²) in [5, 5.41) is 4.18. The molecule has 0 amide bonds. The van der Waals surface area contributed by atoms with Crippen LogP contribution < -0.4 is 0 Å². The molecule has 0 radical (unpaired) electrons. The molecule has 0 N–H and O–H groups in total. The van der Waals surface area contributed by atoms with E-state index in [0.717, 1.165) is 53.9 Å². The Balaban J connectivity index is 1.43. The summed E-state index contributed by atoms with van der Waals surface area (Å²) in [6, 6.07) is 4.12. The molecule has 4 rings (SSSR count). The van der Waals surface area contributed by atoms with E-state index >= 15 is 0 Å². The van der Waals surface area contributed by atoms with Crippen LogP contribution in [-0.2, 0) is 17.4 Å². The predicted molar refractivity (Wildman–Crippen MR) is 143 cm³/mol. The molecule has 0 bridgehead atoms. The second-order valence-electron chi connectivity index (χ2n) is 11.5. The molecule has 3 heterocycles. The smallest absolute Gasteiger partial charge is 0.299 e. The van der Waals surface area contributed by atoms with Gasteiger partial charge >= 0.3 is 6.18 Å².